The zero-order chi connectivity index (χ0) is 18.2. The van der Waals surface area contributed by atoms with Gasteiger partial charge in [-0.1, -0.05) is 61.4 Å². The van der Waals surface area contributed by atoms with Gasteiger partial charge in [0.05, 0.1) is 15.8 Å². The zero-order valence-electron chi connectivity index (χ0n) is 14.7. The van der Waals surface area contributed by atoms with Crippen molar-refractivity contribution in [2.75, 3.05) is 6.54 Å². The minimum Gasteiger partial charge on any atom is -0.207 e. The van der Waals surface area contributed by atoms with E-state index in [0.29, 0.717) is 17.9 Å². The Hall–Kier alpha value is -1.36. The molecule has 0 unspecified atom stereocenters. The van der Waals surface area contributed by atoms with Gasteiger partial charge in [0.1, 0.15) is 0 Å². The fourth-order valence-corrected chi connectivity index (χ4v) is 6.78. The van der Waals surface area contributed by atoms with Gasteiger partial charge in [0.15, 0.2) is 0 Å². The largest absolute Gasteiger partial charge is 0.243 e. The Kier molecular flexibility index (Phi) is 4.84. The molecule has 3 atom stereocenters. The lowest BCUT2D eigenvalue weighted by atomic mass is 9.69. The standard InChI is InChI=1S/C21H24ClNO2S/c22-21-14-8-7-13-19(21)20(17-9-3-1-4-10-17)23(16-15-21)26(24,25)18-11-5-2-6-12-18/h1-6,9-12,19-20H,7-8,13-16H2/t19-,20+,21+/m0/s1. The van der Waals surface area contributed by atoms with Crippen LogP contribution in [0.3, 0.4) is 0 Å². The molecule has 0 N–H and O–H groups in total. The summed E-state index contributed by atoms with van der Waals surface area (Å²) in [5.41, 5.74) is 1.05. The van der Waals surface area contributed by atoms with E-state index in [1.165, 1.54) is 0 Å². The van der Waals surface area contributed by atoms with Crippen molar-refractivity contribution in [1.82, 2.24) is 4.31 Å². The van der Waals surface area contributed by atoms with Crippen molar-refractivity contribution < 1.29 is 8.42 Å². The molecular weight excluding hydrogens is 366 g/mol. The van der Waals surface area contributed by atoms with Gasteiger partial charge < -0.3 is 0 Å². The van der Waals surface area contributed by atoms with Crippen molar-refractivity contribution in [3.63, 3.8) is 0 Å². The topological polar surface area (TPSA) is 37.4 Å². The number of halogens is 1. The summed E-state index contributed by atoms with van der Waals surface area (Å²) in [6, 6.07) is 18.6. The van der Waals surface area contributed by atoms with Crippen LogP contribution in [-0.2, 0) is 10.0 Å². The summed E-state index contributed by atoms with van der Waals surface area (Å²) in [4.78, 5) is 0.0698. The molecule has 1 heterocycles. The van der Waals surface area contributed by atoms with Crippen molar-refractivity contribution in [2.24, 2.45) is 5.92 Å². The molecule has 0 radical (unpaired) electrons. The molecule has 2 aliphatic rings. The Morgan fingerprint density at radius 2 is 1.58 bits per heavy atom. The van der Waals surface area contributed by atoms with Gasteiger partial charge in [-0.15, -0.1) is 11.6 Å². The van der Waals surface area contributed by atoms with Crippen molar-refractivity contribution in [3.8, 4) is 0 Å². The van der Waals surface area contributed by atoms with Crippen molar-refractivity contribution >= 4 is 21.6 Å². The van der Waals surface area contributed by atoms with Crippen LogP contribution in [-0.4, -0.2) is 24.1 Å². The number of sulfonamides is 1. The third-order valence-electron chi connectivity index (χ3n) is 5.95. The predicted molar refractivity (Wildman–Crippen MR) is 105 cm³/mol. The number of hydrogen-bond acceptors (Lipinski definition) is 2. The monoisotopic (exact) mass is 389 g/mol. The molecule has 2 fully saturated rings. The third kappa shape index (κ3) is 3.08. The van der Waals surface area contributed by atoms with Crippen LogP contribution in [0.5, 0.6) is 0 Å². The van der Waals surface area contributed by atoms with Gasteiger partial charge in [-0.25, -0.2) is 8.42 Å². The van der Waals surface area contributed by atoms with Crippen LogP contribution < -0.4 is 0 Å². The van der Waals surface area contributed by atoms with Crippen LogP contribution in [0.2, 0.25) is 0 Å². The second kappa shape index (κ2) is 6.99. The van der Waals surface area contributed by atoms with Crippen molar-refractivity contribution in [1.29, 1.82) is 0 Å². The maximum Gasteiger partial charge on any atom is 0.243 e. The first-order valence-corrected chi connectivity index (χ1v) is 11.1. The Balaban J connectivity index is 1.81. The maximum atomic E-state index is 13.4. The summed E-state index contributed by atoms with van der Waals surface area (Å²) in [5, 5.41) is 0. The van der Waals surface area contributed by atoms with Crippen LogP contribution >= 0.6 is 11.6 Å². The second-order valence-electron chi connectivity index (χ2n) is 7.42. The summed E-state index contributed by atoms with van der Waals surface area (Å²) in [6.07, 6.45) is 4.91. The Bertz CT molecular complexity index is 856. The first kappa shape index (κ1) is 18.0. The molecule has 3 nitrogen and oxygen atoms in total. The molecule has 0 bridgehead atoms. The molecular formula is C21H24ClNO2S. The summed E-state index contributed by atoms with van der Waals surface area (Å²) < 4.78 is 28.6. The molecule has 1 saturated heterocycles. The molecule has 2 aromatic carbocycles. The van der Waals surface area contributed by atoms with E-state index < -0.39 is 10.0 Å². The van der Waals surface area contributed by atoms with Gasteiger partial charge in [-0.05, 0) is 42.9 Å². The number of hydrogen-bond donors (Lipinski definition) is 0. The van der Waals surface area contributed by atoms with E-state index in [1.54, 1.807) is 28.6 Å². The number of alkyl halides is 1. The number of fused-ring (bicyclic) bond motifs is 1. The van der Waals surface area contributed by atoms with E-state index in [9.17, 15) is 8.42 Å². The number of nitrogens with zero attached hydrogens (tertiary/aromatic N) is 1. The Morgan fingerprint density at radius 1 is 0.923 bits per heavy atom. The molecule has 0 aromatic heterocycles. The lowest BCUT2D eigenvalue weighted by molar-refractivity contribution is 0.0933. The first-order chi connectivity index (χ1) is 12.5. The van der Waals surface area contributed by atoms with Gasteiger partial charge in [-0.2, -0.15) is 4.31 Å². The highest BCUT2D eigenvalue weighted by Gasteiger charge is 2.51. The quantitative estimate of drug-likeness (QED) is 0.693. The van der Waals surface area contributed by atoms with Crippen molar-refractivity contribution in [2.45, 2.75) is 47.9 Å². The minimum atomic E-state index is -3.56. The number of benzene rings is 2. The molecule has 1 aliphatic carbocycles. The van der Waals surface area contributed by atoms with Gasteiger partial charge in [-0.3, -0.25) is 0 Å². The predicted octanol–water partition coefficient (Wildman–Crippen LogP) is 4.99. The highest BCUT2D eigenvalue weighted by atomic mass is 35.5. The SMILES string of the molecule is O=S(=O)(c1ccccc1)N1CC[C@]2(Cl)CCCC[C@H]2[C@H]1c1ccccc1. The Morgan fingerprint density at radius 3 is 2.27 bits per heavy atom. The normalized spacial score (nSPS) is 29.9. The molecule has 0 spiro atoms. The molecule has 1 aliphatic heterocycles. The number of piperidine rings is 1. The first-order valence-electron chi connectivity index (χ1n) is 9.33. The molecule has 138 valence electrons. The third-order valence-corrected chi connectivity index (χ3v) is 8.51. The van der Waals surface area contributed by atoms with Gasteiger partial charge >= 0.3 is 0 Å². The average Bonchev–Trinajstić information content (AvgIpc) is 2.68. The highest BCUT2D eigenvalue weighted by molar-refractivity contribution is 7.89. The van der Waals surface area contributed by atoms with Crippen LogP contribution in [0, 0.1) is 5.92 Å². The summed E-state index contributed by atoms with van der Waals surface area (Å²) in [6.45, 7) is 0.469. The van der Waals surface area contributed by atoms with Gasteiger partial charge in [0, 0.05) is 6.54 Å². The molecule has 4 rings (SSSR count). The fourth-order valence-electron chi connectivity index (χ4n) is 4.66. The lowest BCUT2D eigenvalue weighted by Gasteiger charge is -2.51. The molecule has 2 aromatic rings. The van der Waals surface area contributed by atoms with Gasteiger partial charge in [0.2, 0.25) is 10.0 Å². The molecule has 26 heavy (non-hydrogen) atoms. The smallest absolute Gasteiger partial charge is 0.207 e. The fraction of sp³-hybridized carbons (Fsp3) is 0.429. The van der Waals surface area contributed by atoms with E-state index in [4.69, 9.17) is 11.6 Å². The van der Waals surface area contributed by atoms with E-state index in [1.807, 2.05) is 36.4 Å². The van der Waals surface area contributed by atoms with Crippen LogP contribution in [0.25, 0.3) is 0 Å². The zero-order valence-corrected chi connectivity index (χ0v) is 16.3. The maximum absolute atomic E-state index is 13.4. The highest BCUT2D eigenvalue weighted by Crippen LogP contribution is 2.53. The van der Waals surface area contributed by atoms with Crippen molar-refractivity contribution in [3.05, 3.63) is 66.2 Å². The van der Waals surface area contributed by atoms with Gasteiger partial charge in [0.25, 0.3) is 0 Å². The molecule has 0 amide bonds. The van der Waals surface area contributed by atoms with Crippen LogP contribution in [0.1, 0.15) is 43.7 Å². The van der Waals surface area contributed by atoms with E-state index in [0.717, 1.165) is 31.2 Å². The van der Waals surface area contributed by atoms with E-state index in [2.05, 4.69) is 0 Å². The summed E-state index contributed by atoms with van der Waals surface area (Å²) >= 11 is 7.06. The average molecular weight is 390 g/mol. The molecule has 5 heteroatoms. The summed E-state index contributed by atoms with van der Waals surface area (Å²) in [7, 11) is -3.56. The van der Waals surface area contributed by atoms with Crippen LogP contribution in [0.4, 0.5) is 0 Å². The van der Waals surface area contributed by atoms with E-state index in [-0.39, 0.29) is 16.8 Å². The minimum absolute atomic E-state index is 0.146. The summed E-state index contributed by atoms with van der Waals surface area (Å²) in [5.74, 6) is 0.146. The number of rotatable bonds is 3. The Labute approximate surface area is 161 Å². The van der Waals surface area contributed by atoms with E-state index >= 15 is 0 Å². The van der Waals surface area contributed by atoms with Crippen LogP contribution in [0.15, 0.2) is 65.6 Å². The second-order valence-corrected chi connectivity index (χ2v) is 10.1. The molecule has 1 saturated carbocycles. The lowest BCUT2D eigenvalue weighted by Crippen LogP contribution is -2.53.